The van der Waals surface area contributed by atoms with E-state index in [1.54, 1.807) is 0 Å². The fourth-order valence-corrected chi connectivity index (χ4v) is 0.913. The fraction of sp³-hybridized carbons (Fsp3) is 0.286. The molecular formula is C7H5ClF3N. The Kier molecular flexibility index (Phi) is 2.92. The van der Waals surface area contributed by atoms with Gasteiger partial charge >= 0.3 is 0 Å². The lowest BCUT2D eigenvalue weighted by molar-refractivity contribution is 0.150. The zero-order valence-corrected chi connectivity index (χ0v) is 6.65. The van der Waals surface area contributed by atoms with E-state index in [9.17, 15) is 13.2 Å². The first-order valence-corrected chi connectivity index (χ1v) is 3.67. The van der Waals surface area contributed by atoms with Crippen LogP contribution in [-0.2, 0) is 5.88 Å². The lowest BCUT2D eigenvalue weighted by Crippen LogP contribution is -1.94. The summed E-state index contributed by atoms with van der Waals surface area (Å²) >= 11 is 5.28. The number of aromatic nitrogens is 1. The number of nitrogens with zero attached hydrogens (tertiary/aromatic N) is 1. The molecule has 0 aliphatic rings. The second-order valence-corrected chi connectivity index (χ2v) is 2.42. The molecule has 0 radical (unpaired) electrons. The molecule has 12 heavy (non-hydrogen) atoms. The maximum absolute atomic E-state index is 12.6. The summed E-state index contributed by atoms with van der Waals surface area (Å²) in [6.07, 6.45) is -1.84. The van der Waals surface area contributed by atoms with Gasteiger partial charge in [-0.3, -0.25) is 0 Å². The van der Waals surface area contributed by atoms with Crippen molar-refractivity contribution >= 4 is 11.6 Å². The molecule has 1 heterocycles. The highest BCUT2D eigenvalue weighted by Gasteiger charge is 2.10. The minimum Gasteiger partial charge on any atom is -0.228 e. The van der Waals surface area contributed by atoms with E-state index >= 15 is 0 Å². The normalized spacial score (nSPS) is 10.8. The summed E-state index contributed by atoms with van der Waals surface area (Å²) < 4.78 is 36.6. The number of hydrogen-bond acceptors (Lipinski definition) is 1. The third kappa shape index (κ3) is 1.88. The number of hydrogen-bond donors (Lipinski definition) is 0. The first-order chi connectivity index (χ1) is 5.65. The van der Waals surface area contributed by atoms with Gasteiger partial charge in [0.05, 0.1) is 5.88 Å². The van der Waals surface area contributed by atoms with E-state index in [1.165, 1.54) is 0 Å². The van der Waals surface area contributed by atoms with Crippen LogP contribution in [0.5, 0.6) is 0 Å². The molecule has 1 nitrogen and oxygen atoms in total. The largest absolute Gasteiger partial charge is 0.265 e. The molecule has 0 spiro atoms. The van der Waals surface area contributed by atoms with Gasteiger partial charge in [0.1, 0.15) is 0 Å². The van der Waals surface area contributed by atoms with Gasteiger partial charge in [0, 0.05) is 17.3 Å². The molecule has 0 fully saturated rings. The Morgan fingerprint density at radius 3 is 2.67 bits per heavy atom. The van der Waals surface area contributed by atoms with Gasteiger partial charge < -0.3 is 0 Å². The van der Waals surface area contributed by atoms with Gasteiger partial charge in [0.15, 0.2) is 0 Å². The van der Waals surface area contributed by atoms with Gasteiger partial charge in [0.2, 0.25) is 5.95 Å². The van der Waals surface area contributed by atoms with Crippen LogP contribution in [0.1, 0.15) is 17.6 Å². The molecule has 0 aliphatic heterocycles. The van der Waals surface area contributed by atoms with Crippen LogP contribution in [0.2, 0.25) is 0 Å². The molecule has 5 heteroatoms. The molecule has 1 rings (SSSR count). The fourth-order valence-electron chi connectivity index (χ4n) is 0.725. The molecule has 0 saturated heterocycles. The number of pyridine rings is 1. The average molecular weight is 196 g/mol. The Morgan fingerprint density at radius 1 is 1.50 bits per heavy atom. The van der Waals surface area contributed by atoms with E-state index in [0.717, 1.165) is 12.3 Å². The van der Waals surface area contributed by atoms with E-state index in [-0.39, 0.29) is 17.0 Å². The van der Waals surface area contributed by atoms with Crippen LogP contribution in [-0.4, -0.2) is 4.98 Å². The minimum atomic E-state index is -2.64. The quantitative estimate of drug-likeness (QED) is 0.522. The molecular weight excluding hydrogens is 191 g/mol. The zero-order chi connectivity index (χ0) is 9.14. The summed E-state index contributed by atoms with van der Waals surface area (Å²) in [5.41, 5.74) is -0.318. The first kappa shape index (κ1) is 9.32. The summed E-state index contributed by atoms with van der Waals surface area (Å²) in [5, 5.41) is 0. The predicted molar refractivity (Wildman–Crippen MR) is 38.7 cm³/mol. The van der Waals surface area contributed by atoms with E-state index < -0.39 is 12.4 Å². The summed E-state index contributed by atoms with van der Waals surface area (Å²) in [6, 6.07) is 1.01. The topological polar surface area (TPSA) is 12.9 Å². The zero-order valence-electron chi connectivity index (χ0n) is 5.90. The van der Waals surface area contributed by atoms with Crippen LogP contribution >= 0.6 is 11.6 Å². The molecule has 66 valence electrons. The first-order valence-electron chi connectivity index (χ1n) is 3.13. The van der Waals surface area contributed by atoms with Crippen molar-refractivity contribution in [3.05, 3.63) is 29.3 Å². The van der Waals surface area contributed by atoms with Crippen molar-refractivity contribution in [1.82, 2.24) is 4.98 Å². The van der Waals surface area contributed by atoms with E-state index in [4.69, 9.17) is 11.6 Å². The van der Waals surface area contributed by atoms with Gasteiger partial charge in [0.25, 0.3) is 6.43 Å². The lowest BCUT2D eigenvalue weighted by Gasteiger charge is -2.01. The number of halogens is 4. The summed E-state index contributed by atoms with van der Waals surface area (Å²) in [5.74, 6) is -0.950. The Balaban J connectivity index is 3.05. The van der Waals surface area contributed by atoms with Crippen molar-refractivity contribution < 1.29 is 13.2 Å². The van der Waals surface area contributed by atoms with Crippen LogP contribution < -0.4 is 0 Å². The SMILES string of the molecule is Fc1ncc(C(F)F)cc1CCl. The van der Waals surface area contributed by atoms with Gasteiger partial charge in [-0.1, -0.05) is 0 Å². The third-order valence-electron chi connectivity index (χ3n) is 1.33. The van der Waals surface area contributed by atoms with Crippen LogP contribution in [0.25, 0.3) is 0 Å². The van der Waals surface area contributed by atoms with E-state index in [2.05, 4.69) is 4.98 Å². The van der Waals surface area contributed by atoms with Gasteiger partial charge in [-0.25, -0.2) is 13.8 Å². The average Bonchev–Trinajstić information content (AvgIpc) is 2.05. The van der Waals surface area contributed by atoms with Crippen LogP contribution in [0.4, 0.5) is 13.2 Å². The molecule has 0 saturated carbocycles. The van der Waals surface area contributed by atoms with Crippen molar-refractivity contribution in [3.63, 3.8) is 0 Å². The maximum Gasteiger partial charge on any atom is 0.265 e. The second-order valence-electron chi connectivity index (χ2n) is 2.15. The van der Waals surface area contributed by atoms with Crippen molar-refractivity contribution in [1.29, 1.82) is 0 Å². The minimum absolute atomic E-state index is 0.00512. The number of rotatable bonds is 2. The van der Waals surface area contributed by atoms with Gasteiger partial charge in [-0.2, -0.15) is 4.39 Å². The molecule has 1 aromatic rings. The van der Waals surface area contributed by atoms with E-state index in [1.807, 2.05) is 0 Å². The Morgan fingerprint density at radius 2 is 2.17 bits per heavy atom. The summed E-state index contributed by atoms with van der Waals surface area (Å²) in [6.45, 7) is 0. The number of alkyl halides is 3. The second kappa shape index (κ2) is 3.76. The van der Waals surface area contributed by atoms with Crippen molar-refractivity contribution in [2.45, 2.75) is 12.3 Å². The summed E-state index contributed by atoms with van der Waals surface area (Å²) in [7, 11) is 0. The highest BCUT2D eigenvalue weighted by Crippen LogP contribution is 2.20. The molecule has 1 aromatic heterocycles. The van der Waals surface area contributed by atoms with E-state index in [0.29, 0.717) is 0 Å². The van der Waals surface area contributed by atoms with Crippen LogP contribution in [0.3, 0.4) is 0 Å². The molecule has 0 aliphatic carbocycles. The molecule has 0 amide bonds. The highest BCUT2D eigenvalue weighted by atomic mass is 35.5. The van der Waals surface area contributed by atoms with Crippen molar-refractivity contribution in [3.8, 4) is 0 Å². The van der Waals surface area contributed by atoms with Crippen molar-refractivity contribution in [2.75, 3.05) is 0 Å². The monoisotopic (exact) mass is 195 g/mol. The molecule has 0 aromatic carbocycles. The van der Waals surface area contributed by atoms with Crippen LogP contribution in [0, 0.1) is 5.95 Å². The van der Waals surface area contributed by atoms with Crippen LogP contribution in [0.15, 0.2) is 12.3 Å². The molecule has 0 N–H and O–H groups in total. The van der Waals surface area contributed by atoms with Crippen molar-refractivity contribution in [2.24, 2.45) is 0 Å². The predicted octanol–water partition coefficient (Wildman–Crippen LogP) is 2.90. The van der Waals surface area contributed by atoms with Gasteiger partial charge in [-0.15, -0.1) is 11.6 Å². The Hall–Kier alpha value is -0.770. The summed E-state index contributed by atoms with van der Waals surface area (Å²) in [4.78, 5) is 3.14. The Bertz CT molecular complexity index is 277. The standard InChI is InChI=1S/C7H5ClF3N/c8-2-4-1-5(6(9)10)3-12-7(4)11/h1,3,6H,2H2. The molecule has 0 unspecified atom stereocenters. The lowest BCUT2D eigenvalue weighted by atomic mass is 10.2. The maximum atomic E-state index is 12.6. The molecule has 0 bridgehead atoms. The smallest absolute Gasteiger partial charge is 0.228 e. The third-order valence-corrected chi connectivity index (χ3v) is 1.62. The van der Waals surface area contributed by atoms with Gasteiger partial charge in [-0.05, 0) is 6.07 Å². The Labute approximate surface area is 72.2 Å². The highest BCUT2D eigenvalue weighted by molar-refractivity contribution is 6.17. The molecule has 0 atom stereocenters.